The van der Waals surface area contributed by atoms with E-state index in [1.54, 1.807) is 0 Å². The molecule has 0 aromatic heterocycles. The fourth-order valence-electron chi connectivity index (χ4n) is 2.00. The fraction of sp³-hybridized carbons (Fsp3) is 0.462. The number of carbonyl (C=O) groups excluding carboxylic acids is 1. The zero-order chi connectivity index (χ0) is 15.6. The van der Waals surface area contributed by atoms with E-state index in [1.165, 1.54) is 12.8 Å². The molecule has 1 saturated carbocycles. The van der Waals surface area contributed by atoms with Crippen LogP contribution in [0.4, 0.5) is 4.39 Å². The Morgan fingerprint density at radius 2 is 2.05 bits per heavy atom. The Labute approximate surface area is 132 Å². The third kappa shape index (κ3) is 4.56. The van der Waals surface area contributed by atoms with Gasteiger partial charge in [0.2, 0.25) is 0 Å². The van der Waals surface area contributed by atoms with Gasteiger partial charge in [0.15, 0.2) is 5.82 Å². The molecule has 1 amide bonds. The van der Waals surface area contributed by atoms with Gasteiger partial charge in [0.05, 0.1) is 5.56 Å². The maximum absolute atomic E-state index is 14.1. The number of hydrogen-bond donors (Lipinski definition) is 1. The Bertz CT molecular complexity index is 660. The van der Waals surface area contributed by atoms with Crippen LogP contribution in [0, 0.1) is 11.7 Å². The summed E-state index contributed by atoms with van der Waals surface area (Å²) in [5, 5.41) is 2.48. The minimum atomic E-state index is -4.31. The number of amides is 1. The van der Waals surface area contributed by atoms with Crippen LogP contribution in [-0.4, -0.2) is 20.9 Å². The molecule has 1 aliphatic carbocycles. The van der Waals surface area contributed by atoms with Crippen LogP contribution in [0.1, 0.15) is 36.0 Å². The Balaban J connectivity index is 2.10. The molecular weight excluding hydrogens is 340 g/mol. The number of halogens is 3. The molecule has 1 aromatic rings. The van der Waals surface area contributed by atoms with Gasteiger partial charge in [0.25, 0.3) is 15.0 Å². The van der Waals surface area contributed by atoms with Crippen LogP contribution >= 0.6 is 22.3 Å². The zero-order valence-corrected chi connectivity index (χ0v) is 13.4. The topological polar surface area (TPSA) is 63.2 Å². The number of carbonyl (C=O) groups is 1. The molecule has 0 atom stereocenters. The van der Waals surface area contributed by atoms with Crippen molar-refractivity contribution in [3.05, 3.63) is 28.5 Å². The number of nitrogens with one attached hydrogen (secondary N) is 1. The second-order valence-electron chi connectivity index (χ2n) is 5.04. The molecule has 2 rings (SSSR count). The van der Waals surface area contributed by atoms with E-state index in [4.69, 9.17) is 22.3 Å². The summed E-state index contributed by atoms with van der Waals surface area (Å²) in [6.07, 6.45) is 4.29. The number of rotatable bonds is 6. The van der Waals surface area contributed by atoms with Gasteiger partial charge in [0.1, 0.15) is 4.90 Å². The first kappa shape index (κ1) is 16.5. The molecule has 1 aromatic carbocycles. The highest BCUT2D eigenvalue weighted by atomic mass is 35.7. The van der Waals surface area contributed by atoms with Crippen LogP contribution in [0.15, 0.2) is 17.0 Å². The first-order valence-electron chi connectivity index (χ1n) is 6.51. The van der Waals surface area contributed by atoms with Gasteiger partial charge in [-0.3, -0.25) is 4.79 Å². The Morgan fingerprint density at radius 1 is 1.38 bits per heavy atom. The van der Waals surface area contributed by atoms with Crippen molar-refractivity contribution in [2.45, 2.75) is 30.6 Å². The Kier molecular flexibility index (Phi) is 5.11. The summed E-state index contributed by atoms with van der Waals surface area (Å²) >= 11 is 5.71. The fourth-order valence-corrected chi connectivity index (χ4v) is 3.21. The molecule has 0 radical (unpaired) electrons. The van der Waals surface area contributed by atoms with E-state index in [9.17, 15) is 17.6 Å². The quantitative estimate of drug-likeness (QED) is 0.630. The highest BCUT2D eigenvalue weighted by molar-refractivity contribution is 8.13. The van der Waals surface area contributed by atoms with Gasteiger partial charge < -0.3 is 5.32 Å². The second kappa shape index (κ2) is 6.50. The van der Waals surface area contributed by atoms with Crippen molar-refractivity contribution in [1.82, 2.24) is 5.32 Å². The molecule has 1 N–H and O–H groups in total. The van der Waals surface area contributed by atoms with Crippen LogP contribution < -0.4 is 5.32 Å². The van der Waals surface area contributed by atoms with E-state index in [0.717, 1.165) is 30.9 Å². The predicted octanol–water partition coefficient (Wildman–Crippen LogP) is 3.33. The highest BCUT2D eigenvalue weighted by Crippen LogP contribution is 2.33. The van der Waals surface area contributed by atoms with Crippen molar-refractivity contribution in [3.63, 3.8) is 0 Å². The molecule has 4 nitrogen and oxygen atoms in total. The average molecular weight is 354 g/mol. The average Bonchev–Trinajstić information content (AvgIpc) is 3.19. The van der Waals surface area contributed by atoms with Gasteiger partial charge in [0, 0.05) is 22.2 Å². The lowest BCUT2D eigenvalue weighted by Gasteiger charge is -2.08. The Morgan fingerprint density at radius 3 is 2.62 bits per heavy atom. The van der Waals surface area contributed by atoms with Gasteiger partial charge >= 0.3 is 0 Å². The summed E-state index contributed by atoms with van der Waals surface area (Å²) in [4.78, 5) is 11.1. The second-order valence-corrected chi connectivity index (χ2v) is 8.02. The minimum absolute atomic E-state index is 0.0706. The summed E-state index contributed by atoms with van der Waals surface area (Å²) in [5.41, 5.74) is -0.423. The third-order valence-corrected chi connectivity index (χ3v) is 4.82. The normalized spacial score (nSPS) is 15.0. The van der Waals surface area contributed by atoms with Crippen LogP contribution in [-0.2, 0) is 9.05 Å². The predicted molar refractivity (Wildman–Crippen MR) is 78.7 cm³/mol. The van der Waals surface area contributed by atoms with Gasteiger partial charge in [-0.15, -0.1) is 0 Å². The van der Waals surface area contributed by atoms with E-state index in [0.29, 0.717) is 6.54 Å². The van der Waals surface area contributed by atoms with E-state index in [-0.39, 0.29) is 5.02 Å². The summed E-state index contributed by atoms with van der Waals surface area (Å²) < 4.78 is 36.6. The smallest absolute Gasteiger partial charge is 0.264 e. The lowest BCUT2D eigenvalue weighted by Crippen LogP contribution is -2.26. The van der Waals surface area contributed by atoms with E-state index < -0.39 is 31.2 Å². The van der Waals surface area contributed by atoms with Gasteiger partial charge in [-0.2, -0.15) is 0 Å². The van der Waals surface area contributed by atoms with E-state index >= 15 is 0 Å². The van der Waals surface area contributed by atoms with Crippen molar-refractivity contribution in [3.8, 4) is 0 Å². The SMILES string of the molecule is O=C(NCCCC1CC1)c1cc(Cl)cc(S(=O)(=O)Cl)c1F. The van der Waals surface area contributed by atoms with E-state index in [2.05, 4.69) is 5.32 Å². The van der Waals surface area contributed by atoms with Crippen molar-refractivity contribution in [1.29, 1.82) is 0 Å². The minimum Gasteiger partial charge on any atom is -0.352 e. The van der Waals surface area contributed by atoms with Crippen molar-refractivity contribution in [2.75, 3.05) is 6.54 Å². The molecular formula is C13H14Cl2FNO3S. The molecule has 1 aliphatic rings. The highest BCUT2D eigenvalue weighted by Gasteiger charge is 2.24. The molecule has 116 valence electrons. The van der Waals surface area contributed by atoms with Crippen molar-refractivity contribution < 1.29 is 17.6 Å². The maximum atomic E-state index is 14.1. The molecule has 8 heteroatoms. The molecule has 0 bridgehead atoms. The number of benzene rings is 1. The number of hydrogen-bond acceptors (Lipinski definition) is 3. The first-order valence-corrected chi connectivity index (χ1v) is 9.19. The van der Waals surface area contributed by atoms with Gasteiger partial charge in [-0.25, -0.2) is 12.8 Å². The van der Waals surface area contributed by atoms with E-state index in [1.807, 2.05) is 0 Å². The summed E-state index contributed by atoms with van der Waals surface area (Å²) in [7, 11) is 0.816. The van der Waals surface area contributed by atoms with Gasteiger partial charge in [-0.05, 0) is 30.9 Å². The van der Waals surface area contributed by atoms with Crippen molar-refractivity contribution >= 4 is 37.2 Å². The molecule has 1 fully saturated rings. The maximum Gasteiger partial charge on any atom is 0.264 e. The lowest BCUT2D eigenvalue weighted by atomic mass is 10.2. The van der Waals surface area contributed by atoms with Crippen molar-refractivity contribution in [2.24, 2.45) is 5.92 Å². The molecule has 0 spiro atoms. The summed E-state index contributed by atoms with van der Waals surface area (Å²) in [5.74, 6) is -1.14. The summed E-state index contributed by atoms with van der Waals surface area (Å²) in [6, 6.07) is 1.96. The molecule has 0 saturated heterocycles. The van der Waals surface area contributed by atoms with Crippen LogP contribution in [0.25, 0.3) is 0 Å². The molecule has 0 unspecified atom stereocenters. The molecule has 21 heavy (non-hydrogen) atoms. The largest absolute Gasteiger partial charge is 0.352 e. The van der Waals surface area contributed by atoms with Crippen LogP contribution in [0.5, 0.6) is 0 Å². The molecule has 0 heterocycles. The summed E-state index contributed by atoms with van der Waals surface area (Å²) in [6.45, 7) is 0.407. The van der Waals surface area contributed by atoms with Crippen LogP contribution in [0.3, 0.4) is 0 Å². The standard InChI is InChI=1S/C13H14Cl2FNO3S/c14-9-6-10(12(16)11(7-9)21(15,19)20)13(18)17-5-1-2-8-3-4-8/h6-8H,1-5H2,(H,17,18). The van der Waals surface area contributed by atoms with Crippen LogP contribution in [0.2, 0.25) is 5.02 Å². The third-order valence-electron chi connectivity index (χ3n) is 3.28. The van der Waals surface area contributed by atoms with Gasteiger partial charge in [-0.1, -0.05) is 24.4 Å². The Hall–Kier alpha value is -0.850. The first-order chi connectivity index (χ1) is 9.79. The lowest BCUT2D eigenvalue weighted by molar-refractivity contribution is 0.0948. The zero-order valence-electron chi connectivity index (χ0n) is 11.0. The monoisotopic (exact) mass is 353 g/mol. The molecule has 0 aliphatic heterocycles.